The van der Waals surface area contributed by atoms with Crippen LogP contribution in [0.3, 0.4) is 0 Å². The molecule has 2 N–H and O–H groups in total. The van der Waals surface area contributed by atoms with Crippen LogP contribution in [0.25, 0.3) is 0 Å². The summed E-state index contributed by atoms with van der Waals surface area (Å²) in [6, 6.07) is 4.36. The van der Waals surface area contributed by atoms with Crippen molar-refractivity contribution in [2.45, 2.75) is 37.5 Å². The molecule has 3 rings (SSSR count). The van der Waals surface area contributed by atoms with Crippen molar-refractivity contribution in [2.75, 3.05) is 11.4 Å². The Balaban J connectivity index is 2.02. The summed E-state index contributed by atoms with van der Waals surface area (Å²) in [6.45, 7) is 0.764. The maximum atomic E-state index is 12.7. The highest BCUT2D eigenvalue weighted by Crippen LogP contribution is 2.39. The van der Waals surface area contributed by atoms with Crippen LogP contribution in [-0.4, -0.2) is 18.6 Å². The molecule has 1 aromatic carbocycles. The summed E-state index contributed by atoms with van der Waals surface area (Å²) in [7, 11) is 0. The molecule has 2 aliphatic heterocycles. The van der Waals surface area contributed by atoms with Gasteiger partial charge in [-0.15, -0.1) is 0 Å². The van der Waals surface area contributed by atoms with Crippen LogP contribution in [-0.2, 0) is 12.6 Å². The van der Waals surface area contributed by atoms with E-state index in [1.807, 2.05) is 0 Å². The molecule has 0 bridgehead atoms. The summed E-state index contributed by atoms with van der Waals surface area (Å²) >= 11 is 0. The van der Waals surface area contributed by atoms with Gasteiger partial charge in [-0.1, -0.05) is 6.07 Å². The van der Waals surface area contributed by atoms with Crippen LogP contribution in [0.2, 0.25) is 0 Å². The van der Waals surface area contributed by atoms with Gasteiger partial charge in [0.25, 0.3) is 0 Å². The second kappa shape index (κ2) is 3.88. The molecule has 0 aliphatic carbocycles. The number of hydrogen-bond acceptors (Lipinski definition) is 2. The Morgan fingerprint density at radius 3 is 2.72 bits per heavy atom. The lowest BCUT2D eigenvalue weighted by atomic mass is 9.93. The molecule has 2 unspecified atom stereocenters. The molecule has 5 heteroatoms. The number of aryl methyl sites for hydroxylation is 1. The Labute approximate surface area is 104 Å². The first-order chi connectivity index (χ1) is 8.47. The van der Waals surface area contributed by atoms with Crippen LogP contribution in [0.4, 0.5) is 18.9 Å². The van der Waals surface area contributed by atoms with Gasteiger partial charge >= 0.3 is 6.18 Å². The van der Waals surface area contributed by atoms with Crippen molar-refractivity contribution >= 4 is 5.69 Å². The number of benzene rings is 1. The Morgan fingerprint density at radius 1 is 1.22 bits per heavy atom. The zero-order chi connectivity index (χ0) is 12.9. The molecule has 2 aliphatic rings. The molecule has 0 spiro atoms. The standard InChI is InChI=1S/C13H15F3N2/c14-13(15,16)9-3-1-8-2-4-11-10(17)5-6-18(11)12(8)7-9/h1,3,7,10-11H,2,4-6,17H2. The summed E-state index contributed by atoms with van der Waals surface area (Å²) in [6.07, 6.45) is -1.65. The van der Waals surface area contributed by atoms with Crippen molar-refractivity contribution in [1.82, 2.24) is 0 Å². The minimum atomic E-state index is -4.27. The van der Waals surface area contributed by atoms with Gasteiger partial charge in [0.1, 0.15) is 0 Å². The molecule has 1 aromatic rings. The highest BCUT2D eigenvalue weighted by molar-refractivity contribution is 5.60. The van der Waals surface area contributed by atoms with Gasteiger partial charge in [0.2, 0.25) is 0 Å². The van der Waals surface area contributed by atoms with E-state index in [0.717, 1.165) is 37.1 Å². The van der Waals surface area contributed by atoms with Gasteiger partial charge in [0, 0.05) is 24.3 Å². The Hall–Kier alpha value is -1.23. The molecular formula is C13H15F3N2. The van der Waals surface area contributed by atoms with Crippen LogP contribution in [0.1, 0.15) is 24.0 Å². The lowest BCUT2D eigenvalue weighted by molar-refractivity contribution is -0.137. The molecule has 1 saturated heterocycles. The zero-order valence-electron chi connectivity index (χ0n) is 9.87. The fourth-order valence-corrected chi connectivity index (χ4v) is 3.07. The summed E-state index contributed by atoms with van der Waals surface area (Å²) < 4.78 is 38.2. The maximum Gasteiger partial charge on any atom is 0.416 e. The van der Waals surface area contributed by atoms with E-state index in [4.69, 9.17) is 5.73 Å². The van der Waals surface area contributed by atoms with E-state index in [0.29, 0.717) is 0 Å². The van der Waals surface area contributed by atoms with Gasteiger partial charge in [0.05, 0.1) is 5.56 Å². The minimum Gasteiger partial charge on any atom is -0.367 e. The summed E-state index contributed by atoms with van der Waals surface area (Å²) in [5.74, 6) is 0. The summed E-state index contributed by atoms with van der Waals surface area (Å²) in [4.78, 5) is 2.05. The number of anilines is 1. The number of fused-ring (bicyclic) bond motifs is 3. The summed E-state index contributed by atoms with van der Waals surface area (Å²) in [5, 5.41) is 0. The first-order valence-corrected chi connectivity index (χ1v) is 6.19. The first-order valence-electron chi connectivity index (χ1n) is 6.19. The molecule has 2 atom stereocenters. The first kappa shape index (κ1) is 11.8. The van der Waals surface area contributed by atoms with Crippen molar-refractivity contribution in [2.24, 2.45) is 5.73 Å². The summed E-state index contributed by atoms with van der Waals surface area (Å²) in [5.41, 5.74) is 7.18. The average molecular weight is 256 g/mol. The Kier molecular flexibility index (Phi) is 2.55. The van der Waals surface area contributed by atoms with Crippen molar-refractivity contribution in [3.63, 3.8) is 0 Å². The highest BCUT2D eigenvalue weighted by Gasteiger charge is 2.38. The number of nitrogens with two attached hydrogens (primary N) is 1. The Bertz CT molecular complexity index is 470. The largest absolute Gasteiger partial charge is 0.416 e. The quantitative estimate of drug-likeness (QED) is 0.773. The number of rotatable bonds is 0. The van der Waals surface area contributed by atoms with Gasteiger partial charge in [-0.3, -0.25) is 0 Å². The van der Waals surface area contributed by atoms with E-state index in [-0.39, 0.29) is 12.1 Å². The smallest absolute Gasteiger partial charge is 0.367 e. The fourth-order valence-electron chi connectivity index (χ4n) is 3.07. The molecule has 2 nitrogen and oxygen atoms in total. The molecular weight excluding hydrogens is 241 g/mol. The van der Waals surface area contributed by atoms with Crippen LogP contribution in [0.15, 0.2) is 18.2 Å². The van der Waals surface area contributed by atoms with Crippen molar-refractivity contribution < 1.29 is 13.2 Å². The molecule has 0 radical (unpaired) electrons. The third-order valence-electron chi connectivity index (χ3n) is 4.03. The molecule has 0 saturated carbocycles. The minimum absolute atomic E-state index is 0.0905. The molecule has 0 amide bonds. The van der Waals surface area contributed by atoms with Crippen LogP contribution in [0.5, 0.6) is 0 Å². The molecule has 0 aromatic heterocycles. The van der Waals surface area contributed by atoms with E-state index in [9.17, 15) is 13.2 Å². The highest BCUT2D eigenvalue weighted by atomic mass is 19.4. The molecule has 1 fully saturated rings. The SMILES string of the molecule is NC1CCN2c3cc(C(F)(F)F)ccc3CCC12. The molecule has 98 valence electrons. The van der Waals surface area contributed by atoms with Crippen LogP contribution < -0.4 is 10.6 Å². The second-order valence-electron chi connectivity index (χ2n) is 5.09. The second-order valence-corrected chi connectivity index (χ2v) is 5.09. The van der Waals surface area contributed by atoms with Crippen molar-refractivity contribution in [1.29, 1.82) is 0 Å². The molecule has 18 heavy (non-hydrogen) atoms. The van der Waals surface area contributed by atoms with Gasteiger partial charge < -0.3 is 10.6 Å². The van der Waals surface area contributed by atoms with Crippen LogP contribution >= 0.6 is 0 Å². The molecule has 2 heterocycles. The third kappa shape index (κ3) is 1.77. The van der Waals surface area contributed by atoms with Gasteiger partial charge in [-0.2, -0.15) is 13.2 Å². The van der Waals surface area contributed by atoms with E-state index in [1.165, 1.54) is 12.1 Å². The van der Waals surface area contributed by atoms with Gasteiger partial charge in [-0.05, 0) is 37.0 Å². The van der Waals surface area contributed by atoms with Gasteiger partial charge in [0.15, 0.2) is 0 Å². The number of hydrogen-bond donors (Lipinski definition) is 1. The number of halogens is 3. The van der Waals surface area contributed by atoms with E-state index >= 15 is 0 Å². The third-order valence-corrected chi connectivity index (χ3v) is 4.03. The van der Waals surface area contributed by atoms with E-state index in [2.05, 4.69) is 4.90 Å². The predicted octanol–water partition coefficient (Wildman–Crippen LogP) is 2.56. The predicted molar refractivity (Wildman–Crippen MR) is 63.5 cm³/mol. The average Bonchev–Trinajstić information content (AvgIpc) is 2.70. The normalized spacial score (nSPS) is 27.0. The van der Waals surface area contributed by atoms with Crippen LogP contribution in [0, 0.1) is 0 Å². The number of nitrogens with zero attached hydrogens (tertiary/aromatic N) is 1. The lowest BCUT2D eigenvalue weighted by Gasteiger charge is -2.35. The number of alkyl halides is 3. The van der Waals surface area contributed by atoms with E-state index in [1.54, 1.807) is 6.07 Å². The monoisotopic (exact) mass is 256 g/mol. The fraction of sp³-hybridized carbons (Fsp3) is 0.538. The zero-order valence-corrected chi connectivity index (χ0v) is 9.87. The van der Waals surface area contributed by atoms with Crippen molar-refractivity contribution in [3.05, 3.63) is 29.3 Å². The maximum absolute atomic E-state index is 12.7. The van der Waals surface area contributed by atoms with Gasteiger partial charge in [-0.25, -0.2) is 0 Å². The van der Waals surface area contributed by atoms with Crippen molar-refractivity contribution in [3.8, 4) is 0 Å². The van der Waals surface area contributed by atoms with E-state index < -0.39 is 11.7 Å². The topological polar surface area (TPSA) is 29.3 Å². The lowest BCUT2D eigenvalue weighted by Crippen LogP contribution is -2.42. The Morgan fingerprint density at radius 2 is 2.00 bits per heavy atom.